The van der Waals surface area contributed by atoms with Gasteiger partial charge in [-0.05, 0) is 36.1 Å². The van der Waals surface area contributed by atoms with Crippen molar-refractivity contribution in [2.75, 3.05) is 19.8 Å². The second kappa shape index (κ2) is 10.7. The van der Waals surface area contributed by atoms with Crippen molar-refractivity contribution in [2.45, 2.75) is 20.1 Å². The lowest BCUT2D eigenvalue weighted by Crippen LogP contribution is -2.17. The van der Waals surface area contributed by atoms with Gasteiger partial charge in [-0.3, -0.25) is 0 Å². The van der Waals surface area contributed by atoms with Gasteiger partial charge in [-0.1, -0.05) is 17.7 Å². The van der Waals surface area contributed by atoms with Gasteiger partial charge in [0, 0.05) is 18.0 Å². The largest absolute Gasteiger partial charge is 0.490 e. The summed E-state index contributed by atoms with van der Waals surface area (Å²) in [6.45, 7) is 4.20. The summed E-state index contributed by atoms with van der Waals surface area (Å²) in [7, 11) is 0. The van der Waals surface area contributed by atoms with E-state index in [4.69, 9.17) is 26.2 Å². The van der Waals surface area contributed by atoms with Crippen molar-refractivity contribution >= 4 is 35.3 Å². The highest BCUT2D eigenvalue weighted by Crippen LogP contribution is 2.37. The van der Waals surface area contributed by atoms with Gasteiger partial charge >= 0.3 is 0 Å². The highest BCUT2D eigenvalue weighted by molar-refractivity contribution is 7.09. The van der Waals surface area contributed by atoms with Crippen LogP contribution in [0.15, 0.2) is 29.6 Å². The Morgan fingerprint density at radius 1 is 1.30 bits per heavy atom. The molecule has 128 valence electrons. The highest BCUT2D eigenvalue weighted by Gasteiger charge is 2.13. The number of benzene rings is 1. The zero-order valence-corrected chi connectivity index (χ0v) is 15.3. The first-order valence-corrected chi connectivity index (χ1v) is 8.42. The predicted molar refractivity (Wildman–Crippen MR) is 97.3 cm³/mol. The SMILES string of the molecule is CCOc1cc(CNCCO)cc(Cl)c1OCc1cccs1.Cl. The molecule has 0 aliphatic carbocycles. The Bertz CT molecular complexity index is 579. The Morgan fingerprint density at radius 2 is 2.13 bits per heavy atom. The van der Waals surface area contributed by atoms with Crippen molar-refractivity contribution in [2.24, 2.45) is 0 Å². The molecular formula is C16H21Cl2NO3S. The molecule has 0 fully saturated rings. The second-order valence-corrected chi connectivity index (χ2v) is 6.05. The number of ether oxygens (including phenoxy) is 2. The van der Waals surface area contributed by atoms with Gasteiger partial charge in [-0.2, -0.15) is 0 Å². The standard InChI is InChI=1S/C16H20ClNO3S.ClH/c1-2-20-15-9-12(10-18-5-6-19)8-14(17)16(15)21-11-13-4-3-7-22-13;/h3-4,7-9,18-19H,2,5-6,10-11H2,1H3;1H. The molecule has 4 nitrogen and oxygen atoms in total. The number of nitrogens with one attached hydrogen (secondary N) is 1. The van der Waals surface area contributed by atoms with E-state index < -0.39 is 0 Å². The Hall–Kier alpha value is -0.980. The number of halogens is 2. The van der Waals surface area contributed by atoms with Crippen LogP contribution >= 0.6 is 35.3 Å². The molecule has 0 atom stereocenters. The fourth-order valence-electron chi connectivity index (χ4n) is 1.98. The minimum atomic E-state index is 0. The van der Waals surface area contributed by atoms with Gasteiger partial charge in [0.1, 0.15) is 6.61 Å². The van der Waals surface area contributed by atoms with Crippen molar-refractivity contribution in [3.63, 3.8) is 0 Å². The summed E-state index contributed by atoms with van der Waals surface area (Å²) in [6, 6.07) is 7.79. The van der Waals surface area contributed by atoms with Crippen LogP contribution in [0.3, 0.4) is 0 Å². The van der Waals surface area contributed by atoms with Crippen LogP contribution in [0.2, 0.25) is 5.02 Å². The van der Waals surface area contributed by atoms with E-state index in [-0.39, 0.29) is 19.0 Å². The van der Waals surface area contributed by atoms with Crippen LogP contribution in [0.5, 0.6) is 11.5 Å². The van der Waals surface area contributed by atoms with E-state index in [0.29, 0.717) is 42.8 Å². The molecule has 2 N–H and O–H groups in total. The maximum absolute atomic E-state index is 8.81. The van der Waals surface area contributed by atoms with Crippen LogP contribution < -0.4 is 14.8 Å². The third-order valence-corrected chi connectivity index (χ3v) is 4.06. The summed E-state index contributed by atoms with van der Waals surface area (Å²) >= 11 is 7.99. The molecule has 7 heteroatoms. The number of rotatable bonds is 9. The molecule has 23 heavy (non-hydrogen) atoms. The second-order valence-electron chi connectivity index (χ2n) is 4.61. The first-order chi connectivity index (χ1) is 10.7. The molecule has 0 aliphatic rings. The topological polar surface area (TPSA) is 50.7 Å². The lowest BCUT2D eigenvalue weighted by atomic mass is 10.2. The Labute approximate surface area is 151 Å². The number of thiophene rings is 1. The van der Waals surface area contributed by atoms with Crippen LogP contribution in [0.25, 0.3) is 0 Å². The molecule has 1 aromatic heterocycles. The van der Waals surface area contributed by atoms with E-state index in [1.54, 1.807) is 11.3 Å². The predicted octanol–water partition coefficient (Wildman–Crippen LogP) is 3.88. The van der Waals surface area contributed by atoms with E-state index in [2.05, 4.69) is 5.32 Å². The Balaban J connectivity index is 0.00000264. The summed E-state index contributed by atoms with van der Waals surface area (Å²) in [5, 5.41) is 14.5. The minimum absolute atomic E-state index is 0. The zero-order valence-electron chi connectivity index (χ0n) is 12.9. The average molecular weight is 378 g/mol. The van der Waals surface area contributed by atoms with Crippen LogP contribution in [-0.2, 0) is 13.2 Å². The molecule has 1 aromatic carbocycles. The van der Waals surface area contributed by atoms with Gasteiger partial charge in [0.15, 0.2) is 11.5 Å². The molecule has 0 unspecified atom stereocenters. The van der Waals surface area contributed by atoms with E-state index in [0.717, 1.165) is 10.4 Å². The normalized spacial score (nSPS) is 10.2. The number of hydrogen-bond acceptors (Lipinski definition) is 5. The van der Waals surface area contributed by atoms with Crippen molar-refractivity contribution in [1.82, 2.24) is 5.32 Å². The maximum Gasteiger partial charge on any atom is 0.180 e. The first kappa shape index (κ1) is 20.1. The molecule has 0 amide bonds. The van der Waals surface area contributed by atoms with E-state index in [1.807, 2.05) is 36.6 Å². The monoisotopic (exact) mass is 377 g/mol. The van der Waals surface area contributed by atoms with Crippen molar-refractivity contribution in [1.29, 1.82) is 0 Å². The van der Waals surface area contributed by atoms with Crippen LogP contribution in [-0.4, -0.2) is 24.9 Å². The number of aliphatic hydroxyl groups is 1. The zero-order chi connectivity index (χ0) is 15.8. The molecule has 0 saturated heterocycles. The molecule has 0 aliphatic heterocycles. The summed E-state index contributed by atoms with van der Waals surface area (Å²) in [4.78, 5) is 1.13. The quantitative estimate of drug-likeness (QED) is 0.651. The summed E-state index contributed by atoms with van der Waals surface area (Å²) < 4.78 is 11.5. The first-order valence-electron chi connectivity index (χ1n) is 7.16. The number of hydrogen-bond donors (Lipinski definition) is 2. The van der Waals surface area contributed by atoms with Gasteiger partial charge < -0.3 is 19.9 Å². The molecule has 1 heterocycles. The molecule has 0 saturated carbocycles. The maximum atomic E-state index is 8.81. The van der Waals surface area contributed by atoms with E-state index in [9.17, 15) is 0 Å². The Kier molecular flexibility index (Phi) is 9.36. The van der Waals surface area contributed by atoms with Gasteiger partial charge in [0.05, 0.1) is 18.2 Å². The smallest absolute Gasteiger partial charge is 0.180 e. The highest BCUT2D eigenvalue weighted by atomic mass is 35.5. The number of aliphatic hydroxyl groups excluding tert-OH is 1. The van der Waals surface area contributed by atoms with Crippen molar-refractivity contribution in [3.05, 3.63) is 45.1 Å². The fourth-order valence-corrected chi connectivity index (χ4v) is 2.88. The van der Waals surface area contributed by atoms with E-state index in [1.165, 1.54) is 0 Å². The average Bonchev–Trinajstić information content (AvgIpc) is 3.00. The third-order valence-electron chi connectivity index (χ3n) is 2.93. The fraction of sp³-hybridized carbons (Fsp3) is 0.375. The Morgan fingerprint density at radius 3 is 2.78 bits per heavy atom. The van der Waals surface area contributed by atoms with Crippen molar-refractivity contribution < 1.29 is 14.6 Å². The van der Waals surface area contributed by atoms with Gasteiger partial charge in [-0.25, -0.2) is 0 Å². The van der Waals surface area contributed by atoms with Gasteiger partial charge in [-0.15, -0.1) is 23.7 Å². The summed E-state index contributed by atoms with van der Waals surface area (Å²) in [6.07, 6.45) is 0. The van der Waals surface area contributed by atoms with Gasteiger partial charge in [0.25, 0.3) is 0 Å². The van der Waals surface area contributed by atoms with E-state index >= 15 is 0 Å². The van der Waals surface area contributed by atoms with Crippen LogP contribution in [0, 0.1) is 0 Å². The summed E-state index contributed by atoms with van der Waals surface area (Å²) in [5.74, 6) is 1.22. The van der Waals surface area contributed by atoms with Gasteiger partial charge in [0.2, 0.25) is 0 Å². The van der Waals surface area contributed by atoms with Crippen LogP contribution in [0.4, 0.5) is 0 Å². The summed E-state index contributed by atoms with van der Waals surface area (Å²) in [5.41, 5.74) is 0.991. The lowest BCUT2D eigenvalue weighted by molar-refractivity contribution is 0.271. The molecular weight excluding hydrogens is 357 g/mol. The molecule has 0 bridgehead atoms. The minimum Gasteiger partial charge on any atom is -0.490 e. The lowest BCUT2D eigenvalue weighted by Gasteiger charge is -2.15. The molecule has 2 rings (SSSR count). The molecule has 0 spiro atoms. The third kappa shape index (κ3) is 6.20. The van der Waals surface area contributed by atoms with Crippen LogP contribution in [0.1, 0.15) is 17.4 Å². The molecule has 0 radical (unpaired) electrons. The van der Waals surface area contributed by atoms with Crippen molar-refractivity contribution in [3.8, 4) is 11.5 Å². The molecule has 2 aromatic rings.